The lowest BCUT2D eigenvalue weighted by Crippen LogP contribution is -2.69. The molecular weight excluding hydrogens is 2040 g/mol. The summed E-state index contributed by atoms with van der Waals surface area (Å²) in [6, 6.07) is -4.80. The van der Waals surface area contributed by atoms with Gasteiger partial charge in [0.05, 0.1) is 64.2 Å². The number of aliphatic carboxylic acids is 1. The molecule has 49 nitrogen and oxygen atoms in total. The number of phosphoric acid groups is 3. The van der Waals surface area contributed by atoms with Gasteiger partial charge in [0.1, 0.15) is 122 Å². The van der Waals surface area contributed by atoms with Crippen molar-refractivity contribution in [3.8, 4) is 0 Å². The molecule has 4 unspecified atom stereocenters. The van der Waals surface area contributed by atoms with Crippen LogP contribution >= 0.6 is 31.7 Å². The minimum absolute atomic E-state index is 0.0125. The Kier molecular flexibility index (Phi) is 65.8. The highest BCUT2D eigenvalue weighted by Crippen LogP contribution is 2.52. The van der Waals surface area contributed by atoms with E-state index in [1.807, 2.05) is 13.8 Å². The van der Waals surface area contributed by atoms with E-state index in [1.165, 1.54) is 0 Å². The summed E-state index contributed by atoms with van der Waals surface area (Å²) in [4.78, 5) is 131. The lowest BCUT2D eigenvalue weighted by Gasteiger charge is -2.50. The van der Waals surface area contributed by atoms with Gasteiger partial charge in [-0.1, -0.05) is 272 Å². The lowest BCUT2D eigenvalue weighted by atomic mass is 9.91. The first-order valence-electron chi connectivity index (χ1n) is 53.1. The Labute approximate surface area is 867 Å². The number of phosphoric ester groups is 3. The number of hydrogen-bond acceptors (Lipinski definition) is 43. The van der Waals surface area contributed by atoms with E-state index in [2.05, 4.69) is 30.8 Å². The predicted octanol–water partition coefficient (Wildman–Crippen LogP) is 4.43. The number of ether oxygens (including phenoxy) is 11. The first-order chi connectivity index (χ1) is 70.3. The topological polar surface area (TPSA) is 783 Å². The fourth-order valence-electron chi connectivity index (χ4n) is 18.4. The Morgan fingerprint density at radius 2 is 0.838 bits per heavy atom. The number of hydrogen-bond donors (Lipinski definition) is 20. The number of carboxylic acid groups (broad SMARTS) is 1. The number of unbranched alkanes of at least 4 members (excludes halogenated alkanes) is 34. The second-order valence-corrected chi connectivity index (χ2v) is 43.7. The van der Waals surface area contributed by atoms with Gasteiger partial charge in [0.25, 0.3) is 0 Å². The molecule has 0 aromatic carbocycles. The van der Waals surface area contributed by atoms with Crippen LogP contribution in [0.25, 0.3) is 0 Å². The number of carbonyl (C=O) groups excluding carboxylic acids is 4. The molecule has 20 N–H and O–H groups in total. The Hall–Kier alpha value is -3.71. The molecule has 0 saturated carbocycles. The Morgan fingerprint density at radius 3 is 1.30 bits per heavy atom. The molecule has 5 saturated heterocycles. The number of aliphatic imine (C=N–C) groups is 2. The summed E-state index contributed by atoms with van der Waals surface area (Å²) >= 11 is 0. The number of carbonyl (C=O) groups is 4. The third-order valence-electron chi connectivity index (χ3n) is 26.6. The molecule has 5 aliphatic heterocycles. The number of aliphatic hydroxyl groups excluding tert-OH is 14. The maximum absolute atomic E-state index is 15.5. The Bertz CT molecular complexity index is 3880. The molecule has 32 atom stereocenters. The summed E-state index contributed by atoms with van der Waals surface area (Å²) in [6.45, 7) is 3.11. The van der Waals surface area contributed by atoms with Crippen LogP contribution in [0.1, 0.15) is 349 Å². The van der Waals surface area contributed by atoms with Crippen LogP contribution < -0.4 is 15.3 Å². The molecule has 866 valence electrons. The molecule has 148 heavy (non-hydrogen) atoms. The second kappa shape index (κ2) is 72.3. The van der Waals surface area contributed by atoms with Crippen molar-refractivity contribution in [3.63, 3.8) is 0 Å². The average molecular weight is 2220 g/mol. The van der Waals surface area contributed by atoms with Crippen LogP contribution in [0.4, 0.5) is 0 Å². The van der Waals surface area contributed by atoms with Crippen molar-refractivity contribution in [2.45, 2.75) is 533 Å². The van der Waals surface area contributed by atoms with Crippen molar-refractivity contribution in [1.82, 2.24) is 0 Å². The van der Waals surface area contributed by atoms with E-state index in [9.17, 15) is 149 Å². The van der Waals surface area contributed by atoms with Crippen LogP contribution in [-0.4, -0.2) is 353 Å². The van der Waals surface area contributed by atoms with Gasteiger partial charge < -0.3 is 168 Å². The molecule has 0 radical (unpaired) electrons. The van der Waals surface area contributed by atoms with Crippen LogP contribution in [0, 0.1) is 0 Å². The van der Waals surface area contributed by atoms with Crippen LogP contribution in [0.3, 0.4) is 0 Å². The van der Waals surface area contributed by atoms with Gasteiger partial charge in [-0.15, -0.1) is 9.42 Å². The third kappa shape index (κ3) is 50.0. The number of nitrogens with zero attached hydrogens (tertiary/aromatic N) is 2. The molecule has 5 rings (SSSR count). The van der Waals surface area contributed by atoms with E-state index in [0.717, 1.165) is 180 Å². The quantitative estimate of drug-likeness (QED) is 0.01000. The predicted molar refractivity (Wildman–Crippen MR) is 519 cm³/mol. The summed E-state index contributed by atoms with van der Waals surface area (Å²) in [7, 11) is -22.4. The van der Waals surface area contributed by atoms with Gasteiger partial charge in [-0.25, -0.2) is 13.7 Å². The summed E-state index contributed by atoms with van der Waals surface area (Å²) in [5, 5.41) is 199. The highest BCUT2D eigenvalue weighted by molar-refractivity contribution is 7.47. The van der Waals surface area contributed by atoms with Gasteiger partial charge >= 0.3 is 49.6 Å². The zero-order chi connectivity index (χ0) is 110. The van der Waals surface area contributed by atoms with Crippen molar-refractivity contribution in [3.05, 3.63) is 0 Å². The average Bonchev–Trinajstić information content (AvgIpc) is 0.750. The van der Waals surface area contributed by atoms with E-state index in [0.29, 0.717) is 70.6 Å². The first-order valence-corrected chi connectivity index (χ1v) is 58.8. The minimum atomic E-state index is -6.27. The van der Waals surface area contributed by atoms with Crippen molar-refractivity contribution in [2.75, 3.05) is 33.0 Å². The third-order valence-corrected chi connectivity index (χ3v) is 29.0. The fourth-order valence-corrected chi connectivity index (χ4v) is 20.9. The largest absolute Gasteiger partial charge is 0.862 e. The standard InChI is InChI=1S/C95H174N2O47P4/c1-6-11-16-21-25-28-32-37-41-45-60(101)50-70(106)96-75-87(135-73(109)51-61(102)46-40-35-20-15-10-5)78(112)68(133-91(75)143-147(124,125)126)58-129-90-76(97-71(107)53-63(48-43-38-33-29-26-22-17-12-7-2)131-72(108)49-44-39-34-30-27-23-18-13-8-3)88(136-74(110)52-62(103)47-42-36-31-24-19-14-9-4)86(141-146(121,122)123)69(134-90)59-130-95(94(117)118)54-66(140-145(119)120)85(84(139-95)65(105)56-99)138-92-82(116)89(81(115)83(137-92)64(104)55-98)142-148(127,128)144-93-80(114)79(113)77(111)67(57-100)132-93/h60-69,75-93,98-105,111-116H,6-59H2,1-5H3,(H8-,96,97,106,107,117,118,119,120,121,122,123,124,125,126,127,128)/p-2/t60-,61-,62-,63-,64?,65?,66-,67-,68-,69-,75-,76-,77-,78-,79+,80-,81-,82+,83-,84-,85-,86-,87-,88-,89+,90-,91-,92-,93-,95-/m1/s1. The van der Waals surface area contributed by atoms with Gasteiger partial charge in [-0.2, -0.15) is 0 Å². The smallest absolute Gasteiger partial charge is 0.695 e. The zero-order valence-electron chi connectivity index (χ0n) is 86.1. The number of carboxylic acids is 1. The summed E-state index contributed by atoms with van der Waals surface area (Å²) in [5.74, 6) is -12.4. The molecular formula is C95H172N2O47P4-2. The van der Waals surface area contributed by atoms with Crippen molar-refractivity contribution in [2.24, 2.45) is 9.98 Å². The summed E-state index contributed by atoms with van der Waals surface area (Å²) in [5.41, 5.74) is 0. The maximum atomic E-state index is 15.5. The molecule has 0 aromatic rings. The SMILES string of the molecule is CCCCCCCCCCCC(=O)O[C@H](CCCCCCCCCCC)CC([O-])=N[C@H]1[C@H](OC[C@H]2O[C@H](OP(=O)(O)O)[C@H](N=C([O-])C[C@H](O)CCCCCCCCCCC)[C@@H](OC(=O)C[C@H](O)CCCCCCC)[C@@H]2O)O[C@H](CO[C@]2(C(=O)[O-])C[C@@H](O[P+](=O)O)[C@@H](O[C@H]3O[C@H](C(O)CO)[C@@H](O)[C@H](OP(=O)(O)O[C@H]4O[C@H](CO)[C@@H](O)[C@H](O)[C@H]4O)[C@@H]3O)[C@@H](C(O)CO)O2)[C@@H](OP(=O)(O)O)[C@@H]1OC(=O)C[C@H](O)CCCCCCCCC. The monoisotopic (exact) mass is 2220 g/mol. The lowest BCUT2D eigenvalue weighted by molar-refractivity contribution is -0.402. The molecule has 0 amide bonds. The summed E-state index contributed by atoms with van der Waals surface area (Å²) < 4.78 is 146. The number of esters is 3. The van der Waals surface area contributed by atoms with E-state index in [1.54, 1.807) is 0 Å². The number of aliphatic hydroxyl groups is 14. The molecule has 0 bridgehead atoms. The van der Waals surface area contributed by atoms with Crippen molar-refractivity contribution >= 4 is 67.4 Å². The molecule has 5 aliphatic rings. The van der Waals surface area contributed by atoms with Gasteiger partial charge in [0, 0.05) is 30.2 Å². The van der Waals surface area contributed by atoms with E-state index in [-0.39, 0.29) is 32.1 Å². The molecule has 53 heteroatoms. The van der Waals surface area contributed by atoms with E-state index in [4.69, 9.17) is 74.7 Å². The van der Waals surface area contributed by atoms with Gasteiger partial charge in [-0.3, -0.25) is 42.5 Å². The molecule has 0 aromatic heterocycles. The highest BCUT2D eigenvalue weighted by atomic mass is 31.2. The molecule has 5 heterocycles. The van der Waals surface area contributed by atoms with Gasteiger partial charge in [0.2, 0.25) is 5.79 Å². The maximum Gasteiger partial charge on any atom is 0.695 e. The molecule has 5 fully saturated rings. The zero-order valence-corrected chi connectivity index (χ0v) is 89.7. The Morgan fingerprint density at radius 1 is 0.412 bits per heavy atom. The Balaban J connectivity index is 1.78. The van der Waals surface area contributed by atoms with Gasteiger partial charge in [-0.05, 0) is 50.3 Å². The molecule has 0 spiro atoms. The van der Waals surface area contributed by atoms with E-state index >= 15 is 5.11 Å². The molecule has 0 aliphatic carbocycles. The van der Waals surface area contributed by atoms with Gasteiger partial charge in [0.15, 0.2) is 43.5 Å². The minimum Gasteiger partial charge on any atom is -0.862 e. The van der Waals surface area contributed by atoms with Crippen LogP contribution in [-0.2, 0) is 112 Å². The fraction of sp³-hybridized carbons (Fsp3) is 0.937. The van der Waals surface area contributed by atoms with Crippen LogP contribution in [0.5, 0.6) is 0 Å². The number of rotatable bonds is 81. The van der Waals surface area contributed by atoms with Crippen LogP contribution in [0.15, 0.2) is 9.98 Å². The van der Waals surface area contributed by atoms with Crippen molar-refractivity contribution in [1.29, 1.82) is 0 Å². The summed E-state index contributed by atoms with van der Waals surface area (Å²) in [6.07, 6.45) is -36.2. The van der Waals surface area contributed by atoms with Crippen molar-refractivity contribution < 1.29 is 228 Å². The highest BCUT2D eigenvalue weighted by Gasteiger charge is 2.62. The normalized spacial score (nSPS) is 29.7. The second-order valence-electron chi connectivity index (χ2n) is 39.2. The first kappa shape index (κ1) is 135. The van der Waals surface area contributed by atoms with E-state index < -0.39 is 316 Å². The van der Waals surface area contributed by atoms with Crippen LogP contribution in [0.2, 0.25) is 0 Å².